The van der Waals surface area contributed by atoms with Gasteiger partial charge in [-0.2, -0.15) is 0 Å². The van der Waals surface area contributed by atoms with Crippen molar-refractivity contribution in [3.05, 3.63) is 146 Å². The van der Waals surface area contributed by atoms with Crippen LogP contribution >= 0.6 is 0 Å². The van der Waals surface area contributed by atoms with E-state index in [1.165, 1.54) is 43.6 Å². The topological polar surface area (TPSA) is 27.7 Å². The van der Waals surface area contributed by atoms with Gasteiger partial charge in [0.05, 0.1) is 33.3 Å². The van der Waals surface area contributed by atoms with Gasteiger partial charge in [-0.3, -0.25) is 4.57 Å². The van der Waals surface area contributed by atoms with Gasteiger partial charge in [-0.15, -0.1) is 0 Å². The van der Waals surface area contributed by atoms with E-state index in [9.17, 15) is 0 Å². The molecule has 0 N–H and O–H groups in total. The number of aromatic nitrogens is 4. The van der Waals surface area contributed by atoms with Crippen molar-refractivity contribution >= 4 is 54.6 Å². The number of para-hydroxylation sites is 5. The van der Waals surface area contributed by atoms with E-state index in [-0.39, 0.29) is 0 Å². The SMILES string of the molecule is c1ccc(-n2cnc3c(-n4c5ccccc5c5cc6c7ccccc7n(-c7ccccc7)c6cc54)cccc32)cc1. The molecule has 0 aliphatic heterocycles. The summed E-state index contributed by atoms with van der Waals surface area (Å²) in [7, 11) is 0. The van der Waals surface area contributed by atoms with Crippen LogP contribution in [0.1, 0.15) is 0 Å². The van der Waals surface area contributed by atoms with Gasteiger partial charge < -0.3 is 9.13 Å². The Morgan fingerprint density at radius 2 is 0.951 bits per heavy atom. The Bertz CT molecular complexity index is 2410. The summed E-state index contributed by atoms with van der Waals surface area (Å²) in [5.41, 5.74) is 10.1. The second-order valence-electron chi connectivity index (χ2n) is 10.5. The lowest BCUT2D eigenvalue weighted by molar-refractivity contribution is 1.09. The lowest BCUT2D eigenvalue weighted by Crippen LogP contribution is -1.97. The Morgan fingerprint density at radius 1 is 0.390 bits per heavy atom. The first-order valence-electron chi connectivity index (χ1n) is 13.9. The fraction of sp³-hybridized carbons (Fsp3) is 0. The van der Waals surface area contributed by atoms with E-state index in [1.807, 2.05) is 12.4 Å². The zero-order valence-electron chi connectivity index (χ0n) is 22.1. The maximum atomic E-state index is 4.96. The minimum Gasteiger partial charge on any atom is -0.309 e. The average molecular weight is 525 g/mol. The van der Waals surface area contributed by atoms with Crippen LogP contribution in [0.2, 0.25) is 0 Å². The quantitative estimate of drug-likeness (QED) is 0.226. The zero-order chi connectivity index (χ0) is 26.9. The van der Waals surface area contributed by atoms with Crippen molar-refractivity contribution in [3.63, 3.8) is 0 Å². The first-order chi connectivity index (χ1) is 20.4. The molecule has 4 heteroatoms. The van der Waals surface area contributed by atoms with Gasteiger partial charge in [-0.1, -0.05) is 78.9 Å². The van der Waals surface area contributed by atoms with Gasteiger partial charge in [0.1, 0.15) is 11.8 Å². The molecule has 192 valence electrons. The van der Waals surface area contributed by atoms with Crippen LogP contribution in [0.4, 0.5) is 0 Å². The molecule has 9 rings (SSSR count). The van der Waals surface area contributed by atoms with Crippen molar-refractivity contribution < 1.29 is 0 Å². The summed E-state index contributed by atoms with van der Waals surface area (Å²) in [5, 5.41) is 4.99. The minimum atomic E-state index is 0.975. The molecule has 0 atom stereocenters. The van der Waals surface area contributed by atoms with Crippen molar-refractivity contribution in [3.8, 4) is 17.1 Å². The summed E-state index contributed by atoms with van der Waals surface area (Å²) in [5.74, 6) is 0. The van der Waals surface area contributed by atoms with Gasteiger partial charge >= 0.3 is 0 Å². The molecule has 0 saturated heterocycles. The highest BCUT2D eigenvalue weighted by Gasteiger charge is 2.20. The molecule has 0 saturated carbocycles. The Labute approximate surface area is 235 Å². The number of rotatable bonds is 3. The predicted octanol–water partition coefficient (Wildman–Crippen LogP) is 9.22. The molecule has 0 aliphatic rings. The predicted molar refractivity (Wildman–Crippen MR) is 170 cm³/mol. The van der Waals surface area contributed by atoms with Gasteiger partial charge in [-0.05, 0) is 60.7 Å². The molecule has 0 spiro atoms. The van der Waals surface area contributed by atoms with Gasteiger partial charge in [-0.25, -0.2) is 4.98 Å². The van der Waals surface area contributed by atoms with Crippen LogP contribution < -0.4 is 0 Å². The molecule has 0 radical (unpaired) electrons. The smallest absolute Gasteiger partial charge is 0.113 e. The van der Waals surface area contributed by atoms with E-state index >= 15 is 0 Å². The first-order valence-corrected chi connectivity index (χ1v) is 13.9. The monoisotopic (exact) mass is 524 g/mol. The Kier molecular flexibility index (Phi) is 4.58. The van der Waals surface area contributed by atoms with Gasteiger partial charge in [0.15, 0.2) is 0 Å². The Balaban J connectivity index is 1.42. The summed E-state index contributed by atoms with van der Waals surface area (Å²) >= 11 is 0. The summed E-state index contributed by atoms with van der Waals surface area (Å²) in [6.45, 7) is 0. The lowest BCUT2D eigenvalue weighted by Gasteiger charge is -2.11. The Hall–Kier alpha value is -5.61. The van der Waals surface area contributed by atoms with E-state index in [0.717, 1.165) is 28.1 Å². The van der Waals surface area contributed by atoms with Crippen LogP contribution in [0, 0.1) is 0 Å². The van der Waals surface area contributed by atoms with Crippen LogP contribution in [-0.2, 0) is 0 Å². The maximum absolute atomic E-state index is 4.96. The molecule has 3 aromatic heterocycles. The summed E-state index contributed by atoms with van der Waals surface area (Å²) in [6, 6.07) is 49.7. The van der Waals surface area contributed by atoms with Gasteiger partial charge in [0.25, 0.3) is 0 Å². The molecular formula is C37H24N4. The number of benzene rings is 6. The van der Waals surface area contributed by atoms with Crippen LogP contribution in [0.3, 0.4) is 0 Å². The number of nitrogens with zero attached hydrogens (tertiary/aromatic N) is 4. The highest BCUT2D eigenvalue weighted by atomic mass is 15.1. The number of fused-ring (bicyclic) bond motifs is 7. The van der Waals surface area contributed by atoms with Crippen molar-refractivity contribution in [2.75, 3.05) is 0 Å². The largest absolute Gasteiger partial charge is 0.309 e. The number of hydrogen-bond donors (Lipinski definition) is 0. The molecule has 41 heavy (non-hydrogen) atoms. The summed E-state index contributed by atoms with van der Waals surface area (Å²) < 4.78 is 6.94. The maximum Gasteiger partial charge on any atom is 0.113 e. The average Bonchev–Trinajstić information content (AvgIpc) is 3.71. The van der Waals surface area contributed by atoms with E-state index in [1.54, 1.807) is 0 Å². The lowest BCUT2D eigenvalue weighted by atomic mass is 10.1. The van der Waals surface area contributed by atoms with Crippen molar-refractivity contribution in [2.24, 2.45) is 0 Å². The normalized spacial score (nSPS) is 11.9. The highest BCUT2D eigenvalue weighted by Crippen LogP contribution is 2.40. The van der Waals surface area contributed by atoms with Crippen LogP contribution in [0.25, 0.3) is 71.7 Å². The first kappa shape index (κ1) is 22.2. The molecule has 6 aromatic carbocycles. The third-order valence-electron chi connectivity index (χ3n) is 8.31. The fourth-order valence-electron chi connectivity index (χ4n) is 6.54. The number of imidazole rings is 1. The Morgan fingerprint density at radius 3 is 1.66 bits per heavy atom. The van der Waals surface area contributed by atoms with Crippen molar-refractivity contribution in [1.82, 2.24) is 18.7 Å². The summed E-state index contributed by atoms with van der Waals surface area (Å²) in [4.78, 5) is 4.96. The molecule has 0 aliphatic carbocycles. The molecule has 0 amide bonds. The van der Waals surface area contributed by atoms with Crippen LogP contribution in [-0.4, -0.2) is 18.7 Å². The van der Waals surface area contributed by atoms with E-state index in [0.29, 0.717) is 0 Å². The molecule has 4 nitrogen and oxygen atoms in total. The second kappa shape index (κ2) is 8.44. The minimum absolute atomic E-state index is 0.975. The van der Waals surface area contributed by atoms with Crippen LogP contribution in [0.15, 0.2) is 146 Å². The van der Waals surface area contributed by atoms with E-state index in [2.05, 4.69) is 147 Å². The third kappa shape index (κ3) is 3.13. The van der Waals surface area contributed by atoms with Crippen LogP contribution in [0.5, 0.6) is 0 Å². The van der Waals surface area contributed by atoms with Crippen molar-refractivity contribution in [1.29, 1.82) is 0 Å². The van der Waals surface area contributed by atoms with Crippen molar-refractivity contribution in [2.45, 2.75) is 0 Å². The van der Waals surface area contributed by atoms with Gasteiger partial charge in [0, 0.05) is 32.9 Å². The molecule has 0 unspecified atom stereocenters. The molecular weight excluding hydrogens is 500 g/mol. The third-order valence-corrected chi connectivity index (χ3v) is 8.31. The number of hydrogen-bond acceptors (Lipinski definition) is 1. The van der Waals surface area contributed by atoms with Gasteiger partial charge in [0.2, 0.25) is 0 Å². The molecule has 0 fully saturated rings. The zero-order valence-corrected chi connectivity index (χ0v) is 22.1. The highest BCUT2D eigenvalue weighted by molar-refractivity contribution is 6.19. The molecule has 0 bridgehead atoms. The fourth-order valence-corrected chi connectivity index (χ4v) is 6.54. The molecule has 3 heterocycles. The standard InChI is InChI=1S/C37H24N4/c1-3-12-25(13-4-1)39-24-38-37-33(39)20-11-21-34(37)41-32-19-10-8-17-28(32)30-22-29-27-16-7-9-18-31(27)40(35(29)23-36(30)41)26-14-5-2-6-15-26/h1-24H. The van der Waals surface area contributed by atoms with E-state index < -0.39 is 0 Å². The van der Waals surface area contributed by atoms with E-state index in [4.69, 9.17) is 4.98 Å². The molecule has 9 aromatic rings. The summed E-state index contributed by atoms with van der Waals surface area (Å²) in [6.07, 6.45) is 1.93. The second-order valence-corrected chi connectivity index (χ2v) is 10.5.